The molecule has 1 heterocycles. The van der Waals surface area contributed by atoms with Gasteiger partial charge in [0.25, 0.3) is 0 Å². The Morgan fingerprint density at radius 3 is 2.95 bits per heavy atom. The third kappa shape index (κ3) is 2.76. The molecule has 0 aromatic heterocycles. The van der Waals surface area contributed by atoms with Gasteiger partial charge in [0.05, 0.1) is 5.92 Å². The Bertz CT molecular complexity index is 684. The monoisotopic (exact) mass is 298 g/mol. The lowest BCUT2D eigenvalue weighted by Gasteiger charge is -2.13. The van der Waals surface area contributed by atoms with Crippen LogP contribution in [0.4, 0.5) is 5.69 Å². The van der Waals surface area contributed by atoms with Crippen LogP contribution in [0.3, 0.4) is 0 Å². The highest BCUT2D eigenvalue weighted by molar-refractivity contribution is 7.99. The Balaban J connectivity index is 1.69. The summed E-state index contributed by atoms with van der Waals surface area (Å²) in [5.41, 5.74) is 9.92. The summed E-state index contributed by atoms with van der Waals surface area (Å²) in [6, 6.07) is 13.9. The van der Waals surface area contributed by atoms with Crippen molar-refractivity contribution in [3.8, 4) is 0 Å². The van der Waals surface area contributed by atoms with Gasteiger partial charge in [0, 0.05) is 22.9 Å². The van der Waals surface area contributed by atoms with Gasteiger partial charge in [-0.1, -0.05) is 30.3 Å². The quantitative estimate of drug-likeness (QED) is 0.856. The minimum absolute atomic E-state index is 0.0486. The number of benzene rings is 2. The van der Waals surface area contributed by atoms with Gasteiger partial charge in [-0.05, 0) is 35.7 Å². The highest BCUT2D eigenvalue weighted by atomic mass is 32.2. The summed E-state index contributed by atoms with van der Waals surface area (Å²) in [6.45, 7) is 2.51. The van der Waals surface area contributed by atoms with E-state index in [0.717, 1.165) is 28.1 Å². The number of nitrogen functional groups attached to an aromatic ring is 1. The molecule has 3 N–H and O–H groups in total. The van der Waals surface area contributed by atoms with Crippen molar-refractivity contribution in [2.45, 2.75) is 24.3 Å². The minimum Gasteiger partial charge on any atom is -0.399 e. The molecule has 108 valence electrons. The van der Waals surface area contributed by atoms with Crippen molar-refractivity contribution in [3.05, 3.63) is 59.2 Å². The number of rotatable bonds is 3. The molecule has 3 rings (SSSR count). The van der Waals surface area contributed by atoms with Gasteiger partial charge >= 0.3 is 0 Å². The van der Waals surface area contributed by atoms with E-state index in [4.69, 9.17) is 5.73 Å². The zero-order valence-corrected chi connectivity index (χ0v) is 12.7. The second kappa shape index (κ2) is 5.82. The van der Waals surface area contributed by atoms with E-state index in [0.29, 0.717) is 6.54 Å². The average Bonchev–Trinajstić information content (AvgIpc) is 2.92. The molecule has 0 spiro atoms. The number of fused-ring (bicyclic) bond motifs is 1. The van der Waals surface area contributed by atoms with E-state index < -0.39 is 0 Å². The fraction of sp³-hybridized carbons (Fsp3) is 0.235. The normalized spacial score (nSPS) is 16.5. The largest absolute Gasteiger partial charge is 0.399 e. The summed E-state index contributed by atoms with van der Waals surface area (Å²) in [7, 11) is 0. The molecule has 2 aromatic carbocycles. The first-order valence-corrected chi connectivity index (χ1v) is 7.99. The molecular formula is C17H18N2OS. The topological polar surface area (TPSA) is 55.1 Å². The molecule has 2 aromatic rings. The molecule has 0 aliphatic carbocycles. The molecule has 1 aliphatic heterocycles. The number of nitrogens with two attached hydrogens (primary N) is 1. The summed E-state index contributed by atoms with van der Waals surface area (Å²) >= 11 is 1.75. The van der Waals surface area contributed by atoms with Gasteiger partial charge in [0.2, 0.25) is 5.91 Å². The van der Waals surface area contributed by atoms with E-state index in [1.54, 1.807) is 11.8 Å². The Labute approximate surface area is 128 Å². The van der Waals surface area contributed by atoms with Crippen molar-refractivity contribution in [3.63, 3.8) is 0 Å². The van der Waals surface area contributed by atoms with Gasteiger partial charge in [-0.25, -0.2) is 0 Å². The van der Waals surface area contributed by atoms with Crippen LogP contribution in [-0.2, 0) is 11.3 Å². The number of carbonyl (C=O) groups is 1. The summed E-state index contributed by atoms with van der Waals surface area (Å²) in [6.07, 6.45) is 0. The molecule has 0 saturated heterocycles. The van der Waals surface area contributed by atoms with Gasteiger partial charge in [0.1, 0.15) is 0 Å². The van der Waals surface area contributed by atoms with Gasteiger partial charge in [-0.2, -0.15) is 0 Å². The van der Waals surface area contributed by atoms with E-state index in [1.807, 2.05) is 43.3 Å². The second-order valence-corrected chi connectivity index (χ2v) is 6.31. The first-order chi connectivity index (χ1) is 10.2. The van der Waals surface area contributed by atoms with Gasteiger partial charge in [0.15, 0.2) is 0 Å². The third-order valence-electron chi connectivity index (χ3n) is 3.96. The second-order valence-electron chi connectivity index (χ2n) is 5.25. The standard InChI is InChI=1S/C17H18N2OS/c1-11-12(5-4-7-15(11)18)9-19-17(20)14-10-21-16-8-3-2-6-13(14)16/h2-8,14H,9-10,18H2,1H3,(H,19,20). The maximum absolute atomic E-state index is 12.4. The molecule has 1 atom stereocenters. The Hall–Kier alpha value is -1.94. The van der Waals surface area contributed by atoms with Gasteiger partial charge in [-0.3, -0.25) is 4.79 Å². The molecule has 3 nitrogen and oxygen atoms in total. The van der Waals surface area contributed by atoms with E-state index in [1.165, 1.54) is 4.90 Å². The molecule has 1 unspecified atom stereocenters. The first kappa shape index (κ1) is 14.0. The van der Waals surface area contributed by atoms with E-state index in [9.17, 15) is 4.79 Å². The molecule has 21 heavy (non-hydrogen) atoms. The molecule has 1 aliphatic rings. The Morgan fingerprint density at radius 2 is 2.10 bits per heavy atom. The maximum Gasteiger partial charge on any atom is 0.228 e. The number of nitrogens with one attached hydrogen (secondary N) is 1. The van der Waals surface area contributed by atoms with Gasteiger partial charge < -0.3 is 11.1 Å². The summed E-state index contributed by atoms with van der Waals surface area (Å²) in [5, 5.41) is 3.04. The molecule has 1 amide bonds. The van der Waals surface area contributed by atoms with Crippen molar-refractivity contribution >= 4 is 23.4 Å². The van der Waals surface area contributed by atoms with Crippen LogP contribution in [0.15, 0.2) is 47.4 Å². The number of amides is 1. The summed E-state index contributed by atoms with van der Waals surface area (Å²) in [4.78, 5) is 13.6. The zero-order valence-electron chi connectivity index (χ0n) is 11.9. The highest BCUT2D eigenvalue weighted by Crippen LogP contribution is 2.39. The fourth-order valence-corrected chi connectivity index (χ4v) is 3.81. The molecular weight excluding hydrogens is 280 g/mol. The lowest BCUT2D eigenvalue weighted by molar-refractivity contribution is -0.122. The van der Waals surface area contributed by atoms with E-state index in [2.05, 4.69) is 11.4 Å². The predicted molar refractivity (Wildman–Crippen MR) is 87.3 cm³/mol. The number of hydrogen-bond donors (Lipinski definition) is 2. The summed E-state index contributed by atoms with van der Waals surface area (Å²) in [5.74, 6) is 0.864. The van der Waals surface area contributed by atoms with Crippen LogP contribution in [0.2, 0.25) is 0 Å². The van der Waals surface area contributed by atoms with Crippen LogP contribution < -0.4 is 11.1 Å². The van der Waals surface area contributed by atoms with Crippen molar-refractivity contribution in [2.75, 3.05) is 11.5 Å². The van der Waals surface area contributed by atoms with Crippen LogP contribution in [0.5, 0.6) is 0 Å². The SMILES string of the molecule is Cc1c(N)cccc1CNC(=O)C1CSc2ccccc21. The van der Waals surface area contributed by atoms with E-state index >= 15 is 0 Å². The van der Waals surface area contributed by atoms with Crippen LogP contribution in [0, 0.1) is 6.92 Å². The predicted octanol–water partition coefficient (Wildman–Crippen LogP) is 3.08. The molecule has 4 heteroatoms. The zero-order chi connectivity index (χ0) is 14.8. The smallest absolute Gasteiger partial charge is 0.228 e. The molecule has 0 saturated carbocycles. The molecule has 0 bridgehead atoms. The van der Waals surface area contributed by atoms with Crippen LogP contribution in [0.25, 0.3) is 0 Å². The van der Waals surface area contributed by atoms with Crippen LogP contribution >= 0.6 is 11.8 Å². The maximum atomic E-state index is 12.4. The lowest BCUT2D eigenvalue weighted by Crippen LogP contribution is -2.29. The summed E-state index contributed by atoms with van der Waals surface area (Å²) < 4.78 is 0. The average molecular weight is 298 g/mol. The van der Waals surface area contributed by atoms with Crippen molar-refractivity contribution in [2.24, 2.45) is 0 Å². The number of thioether (sulfide) groups is 1. The number of anilines is 1. The molecule has 0 radical (unpaired) electrons. The minimum atomic E-state index is -0.0486. The number of carbonyl (C=O) groups excluding carboxylic acids is 1. The van der Waals surface area contributed by atoms with Crippen molar-refractivity contribution in [1.82, 2.24) is 5.32 Å². The Kier molecular flexibility index (Phi) is 3.88. The third-order valence-corrected chi connectivity index (χ3v) is 5.14. The number of hydrogen-bond acceptors (Lipinski definition) is 3. The van der Waals surface area contributed by atoms with Crippen molar-refractivity contribution in [1.29, 1.82) is 0 Å². The Morgan fingerprint density at radius 1 is 1.29 bits per heavy atom. The first-order valence-electron chi connectivity index (χ1n) is 7.00. The van der Waals surface area contributed by atoms with Gasteiger partial charge in [-0.15, -0.1) is 11.8 Å². The lowest BCUT2D eigenvalue weighted by atomic mass is 10.00. The van der Waals surface area contributed by atoms with E-state index in [-0.39, 0.29) is 11.8 Å². The fourth-order valence-electron chi connectivity index (χ4n) is 2.58. The molecule has 0 fully saturated rings. The highest BCUT2D eigenvalue weighted by Gasteiger charge is 2.28. The van der Waals surface area contributed by atoms with Crippen LogP contribution in [-0.4, -0.2) is 11.7 Å². The van der Waals surface area contributed by atoms with Crippen molar-refractivity contribution < 1.29 is 4.79 Å². The van der Waals surface area contributed by atoms with Crippen LogP contribution in [0.1, 0.15) is 22.6 Å².